The molecule has 2 aromatic carbocycles. The molecule has 2 heterocycles. The van der Waals surface area contributed by atoms with Gasteiger partial charge in [-0.2, -0.15) is 5.10 Å². The molecule has 2 aliphatic heterocycles. The number of hydrazone groups is 1. The molecular weight excluding hydrogens is 360 g/mol. The van der Waals surface area contributed by atoms with E-state index in [1.807, 2.05) is 13.3 Å². The predicted molar refractivity (Wildman–Crippen MR) is 121 cm³/mol. The smallest absolute Gasteiger partial charge is 0.146 e. The second kappa shape index (κ2) is 8.70. The Morgan fingerprint density at radius 2 is 2.00 bits per heavy atom. The van der Waals surface area contributed by atoms with Crippen LogP contribution in [0.3, 0.4) is 0 Å². The van der Waals surface area contributed by atoms with Crippen molar-refractivity contribution in [2.45, 2.75) is 32.1 Å². The van der Waals surface area contributed by atoms with Crippen molar-refractivity contribution in [1.82, 2.24) is 0 Å². The average Bonchev–Trinajstić information content (AvgIpc) is 2.76. The summed E-state index contributed by atoms with van der Waals surface area (Å²) < 4.78 is 0. The number of nitrogens with two attached hydrogens (primary N) is 1. The number of allylic oxidation sites excluding steroid dienone is 1. The summed E-state index contributed by atoms with van der Waals surface area (Å²) in [7, 11) is 3.97. The lowest BCUT2D eigenvalue weighted by Gasteiger charge is -2.38. The third-order valence-corrected chi connectivity index (χ3v) is 5.92. The molecule has 0 saturated carbocycles. The highest BCUT2D eigenvalue weighted by Gasteiger charge is 2.28. The summed E-state index contributed by atoms with van der Waals surface area (Å²) in [5.74, 6) is 0.401. The number of phenolic OH excluding ortho intramolecular Hbond substituents is 1. The Kier molecular flexibility index (Phi) is 5.86. The molecule has 0 amide bonds. The van der Waals surface area contributed by atoms with Gasteiger partial charge in [-0.05, 0) is 49.4 Å². The summed E-state index contributed by atoms with van der Waals surface area (Å²) in [6.07, 6.45) is 11.2. The highest BCUT2D eigenvalue weighted by atomic mass is 16.3. The molecule has 0 bridgehead atoms. The van der Waals surface area contributed by atoms with Gasteiger partial charge in [0, 0.05) is 49.6 Å². The van der Waals surface area contributed by atoms with Crippen LogP contribution >= 0.6 is 0 Å². The molecule has 0 aromatic heterocycles. The van der Waals surface area contributed by atoms with Crippen LogP contribution in [-0.4, -0.2) is 38.5 Å². The largest absolute Gasteiger partial charge is 0.505 e. The Morgan fingerprint density at radius 1 is 1.21 bits per heavy atom. The van der Waals surface area contributed by atoms with E-state index in [-0.39, 0.29) is 0 Å². The van der Waals surface area contributed by atoms with Gasteiger partial charge in [0.1, 0.15) is 17.1 Å². The van der Waals surface area contributed by atoms with Crippen LogP contribution in [-0.2, 0) is 12.8 Å². The first-order valence-electron chi connectivity index (χ1n) is 10.6. The fourth-order valence-electron chi connectivity index (χ4n) is 4.49. The van der Waals surface area contributed by atoms with Gasteiger partial charge in [0.2, 0.25) is 0 Å². The number of aromatic hydroxyl groups is 1. The van der Waals surface area contributed by atoms with E-state index in [9.17, 15) is 5.11 Å². The Labute approximate surface area is 173 Å². The van der Waals surface area contributed by atoms with Crippen molar-refractivity contribution in [3.8, 4) is 5.75 Å². The molecule has 29 heavy (non-hydrogen) atoms. The SMILES string of the molecule is C[NH2+]c1ccccc1/C=C\C/C=N/N(C)c1cc2c3c(c1O)CCCN3CCC2. The highest BCUT2D eigenvalue weighted by Crippen LogP contribution is 2.45. The summed E-state index contributed by atoms with van der Waals surface area (Å²) in [5.41, 5.74) is 7.02. The van der Waals surface area contributed by atoms with Crippen LogP contribution in [0.2, 0.25) is 0 Å². The van der Waals surface area contributed by atoms with E-state index in [0.717, 1.165) is 50.0 Å². The fraction of sp³-hybridized carbons (Fsp3) is 0.375. The summed E-state index contributed by atoms with van der Waals surface area (Å²) in [4.78, 5) is 2.45. The summed E-state index contributed by atoms with van der Waals surface area (Å²) >= 11 is 0. The maximum atomic E-state index is 10.9. The maximum absolute atomic E-state index is 10.9. The van der Waals surface area contributed by atoms with Gasteiger partial charge >= 0.3 is 0 Å². The van der Waals surface area contributed by atoms with Gasteiger partial charge in [-0.1, -0.05) is 24.3 Å². The number of anilines is 2. The molecule has 0 aliphatic carbocycles. The number of phenols is 1. The molecule has 5 heteroatoms. The van der Waals surface area contributed by atoms with Crippen LogP contribution in [0.15, 0.2) is 41.5 Å². The lowest BCUT2D eigenvalue weighted by Crippen LogP contribution is -2.73. The molecule has 2 aromatic rings. The molecule has 0 fully saturated rings. The second-order valence-electron chi connectivity index (χ2n) is 7.80. The van der Waals surface area contributed by atoms with E-state index in [0.29, 0.717) is 5.75 Å². The molecule has 0 saturated heterocycles. The van der Waals surface area contributed by atoms with Crippen LogP contribution in [0, 0.1) is 0 Å². The van der Waals surface area contributed by atoms with Crippen molar-refractivity contribution < 1.29 is 10.4 Å². The number of para-hydroxylation sites is 1. The van der Waals surface area contributed by atoms with E-state index in [2.05, 4.69) is 64.8 Å². The van der Waals surface area contributed by atoms with Gasteiger partial charge in [-0.3, -0.25) is 5.01 Å². The van der Waals surface area contributed by atoms with E-state index in [1.54, 1.807) is 5.01 Å². The summed E-state index contributed by atoms with van der Waals surface area (Å²) in [6, 6.07) is 10.5. The molecule has 152 valence electrons. The molecule has 3 N–H and O–H groups in total. The number of hydrogen-bond acceptors (Lipinski definition) is 4. The van der Waals surface area contributed by atoms with Crippen molar-refractivity contribution in [3.05, 3.63) is 53.1 Å². The second-order valence-corrected chi connectivity index (χ2v) is 7.80. The van der Waals surface area contributed by atoms with Crippen LogP contribution in [0.4, 0.5) is 17.1 Å². The fourth-order valence-corrected chi connectivity index (χ4v) is 4.49. The van der Waals surface area contributed by atoms with Gasteiger partial charge < -0.3 is 15.3 Å². The van der Waals surface area contributed by atoms with E-state index in [1.165, 1.54) is 28.9 Å². The Morgan fingerprint density at radius 3 is 2.83 bits per heavy atom. The number of aryl methyl sites for hydroxylation is 1. The maximum Gasteiger partial charge on any atom is 0.146 e. The van der Waals surface area contributed by atoms with Gasteiger partial charge in [0.25, 0.3) is 0 Å². The molecule has 0 spiro atoms. The first kappa shape index (κ1) is 19.5. The molecule has 4 rings (SSSR count). The average molecular weight is 392 g/mol. The minimum Gasteiger partial charge on any atom is -0.505 e. The quantitative estimate of drug-likeness (QED) is 0.451. The van der Waals surface area contributed by atoms with Crippen LogP contribution in [0.5, 0.6) is 5.75 Å². The minimum absolute atomic E-state index is 0.401. The third-order valence-electron chi connectivity index (χ3n) is 5.92. The predicted octanol–water partition coefficient (Wildman–Crippen LogP) is 3.44. The lowest BCUT2D eigenvalue weighted by atomic mass is 9.90. The van der Waals surface area contributed by atoms with Crippen molar-refractivity contribution in [2.24, 2.45) is 5.10 Å². The van der Waals surface area contributed by atoms with Crippen molar-refractivity contribution in [1.29, 1.82) is 0 Å². The summed E-state index contributed by atoms with van der Waals surface area (Å²) in [6.45, 7) is 2.22. The van der Waals surface area contributed by atoms with Crippen molar-refractivity contribution in [3.63, 3.8) is 0 Å². The van der Waals surface area contributed by atoms with E-state index < -0.39 is 0 Å². The zero-order chi connectivity index (χ0) is 20.2. The molecule has 0 radical (unpaired) electrons. The van der Waals surface area contributed by atoms with Crippen LogP contribution < -0.4 is 15.2 Å². The number of nitrogens with zero attached hydrogens (tertiary/aromatic N) is 3. The monoisotopic (exact) mass is 391 g/mol. The molecule has 0 unspecified atom stereocenters. The zero-order valence-electron chi connectivity index (χ0n) is 17.4. The van der Waals surface area contributed by atoms with E-state index in [4.69, 9.17) is 0 Å². The lowest BCUT2D eigenvalue weighted by molar-refractivity contribution is -0.539. The van der Waals surface area contributed by atoms with E-state index >= 15 is 0 Å². The highest BCUT2D eigenvalue weighted by molar-refractivity contribution is 5.76. The summed E-state index contributed by atoms with van der Waals surface area (Å²) in [5, 5.41) is 19.4. The Hall–Kier alpha value is -2.79. The number of rotatable bonds is 6. The molecule has 2 aliphatic rings. The molecule has 5 nitrogen and oxygen atoms in total. The van der Waals surface area contributed by atoms with Gasteiger partial charge in [0.05, 0.1) is 7.05 Å². The molecular formula is C24H31N4O+. The van der Waals surface area contributed by atoms with Crippen LogP contribution in [0.1, 0.15) is 36.0 Å². The Balaban J connectivity index is 1.47. The number of benzene rings is 2. The van der Waals surface area contributed by atoms with Crippen LogP contribution in [0.25, 0.3) is 6.08 Å². The van der Waals surface area contributed by atoms with Crippen molar-refractivity contribution in [2.75, 3.05) is 37.1 Å². The molecule has 0 atom stereocenters. The number of hydrogen-bond donors (Lipinski definition) is 2. The minimum atomic E-state index is 0.401. The number of quaternary nitrogens is 1. The zero-order valence-corrected chi connectivity index (χ0v) is 17.4. The van der Waals surface area contributed by atoms with Gasteiger partial charge in [-0.25, -0.2) is 0 Å². The Bertz CT molecular complexity index is 933. The topological polar surface area (TPSA) is 55.7 Å². The van der Waals surface area contributed by atoms with Crippen molar-refractivity contribution >= 4 is 29.4 Å². The first-order chi connectivity index (χ1) is 14.2. The van der Waals surface area contributed by atoms with Gasteiger partial charge in [-0.15, -0.1) is 0 Å². The van der Waals surface area contributed by atoms with Gasteiger partial charge in [0.15, 0.2) is 0 Å². The standard InChI is InChI=1S/C24H30N4O/c1-25-21-13-4-3-9-18(21)10-5-6-14-26-27(2)22-17-19-11-7-15-28-16-8-12-20(23(19)28)24(22)29/h3-5,9-10,13-14,17,25,29H,6-8,11-12,15-16H2,1-2H3/p+1/b10-5-,26-14+. The third kappa shape index (κ3) is 4.01. The normalized spacial score (nSPS) is 15.9. The first-order valence-corrected chi connectivity index (χ1v) is 10.6.